The van der Waals surface area contributed by atoms with Gasteiger partial charge < -0.3 is 15.5 Å². The fourth-order valence-corrected chi connectivity index (χ4v) is 4.22. The standard InChI is InChI=1S/C21H18N4O3/c26-13-4-1-11(2-5-13)20-15-9-12(23-21(27)28)3-6-14(15)19-16-10-22-25-17(16)7-8-18(19)24-20/h1-2,4-5,7-8,10,12,23,26H,3,6,9H2,(H,22,25)(H,27,28). The van der Waals surface area contributed by atoms with Gasteiger partial charge >= 0.3 is 6.09 Å². The molecular weight excluding hydrogens is 356 g/mol. The monoisotopic (exact) mass is 374 g/mol. The lowest BCUT2D eigenvalue weighted by Gasteiger charge is -2.27. The molecule has 2 aromatic heterocycles. The van der Waals surface area contributed by atoms with Gasteiger partial charge in [-0.05, 0) is 66.8 Å². The van der Waals surface area contributed by atoms with Gasteiger partial charge in [0.15, 0.2) is 0 Å². The lowest BCUT2D eigenvalue weighted by molar-refractivity contribution is 0.188. The summed E-state index contributed by atoms with van der Waals surface area (Å²) in [5, 5.41) is 30.7. The molecule has 0 saturated carbocycles. The number of pyridine rings is 1. The summed E-state index contributed by atoms with van der Waals surface area (Å²) in [4.78, 5) is 16.1. The second-order valence-corrected chi connectivity index (χ2v) is 7.14. The third-order valence-electron chi connectivity index (χ3n) is 5.45. The Labute approximate surface area is 160 Å². The number of aryl methyl sites for hydroxylation is 1. The maximum Gasteiger partial charge on any atom is 0.404 e. The second kappa shape index (κ2) is 6.23. The molecule has 1 aliphatic rings. The molecule has 140 valence electrons. The van der Waals surface area contributed by atoms with Gasteiger partial charge in [-0.3, -0.25) is 5.10 Å². The molecule has 2 heterocycles. The molecular formula is C21H18N4O3. The van der Waals surface area contributed by atoms with Crippen molar-refractivity contribution in [2.75, 3.05) is 0 Å². The Balaban J connectivity index is 1.78. The van der Waals surface area contributed by atoms with Crippen molar-refractivity contribution in [1.29, 1.82) is 0 Å². The zero-order valence-corrected chi connectivity index (χ0v) is 14.9. The van der Waals surface area contributed by atoms with Crippen LogP contribution in [-0.4, -0.2) is 37.5 Å². The fourth-order valence-electron chi connectivity index (χ4n) is 4.22. The van der Waals surface area contributed by atoms with Crippen molar-refractivity contribution in [1.82, 2.24) is 20.5 Å². The molecule has 4 N–H and O–H groups in total. The predicted octanol–water partition coefficient (Wildman–Crippen LogP) is 3.61. The smallest absolute Gasteiger partial charge is 0.404 e. The summed E-state index contributed by atoms with van der Waals surface area (Å²) in [6, 6.07) is 10.8. The van der Waals surface area contributed by atoms with E-state index in [1.807, 2.05) is 30.5 Å². The van der Waals surface area contributed by atoms with Gasteiger partial charge in [0.1, 0.15) is 5.75 Å². The minimum atomic E-state index is -1.01. The van der Waals surface area contributed by atoms with Gasteiger partial charge in [0, 0.05) is 22.4 Å². The minimum absolute atomic E-state index is 0.149. The summed E-state index contributed by atoms with van der Waals surface area (Å²) < 4.78 is 0. The van der Waals surface area contributed by atoms with Crippen LogP contribution in [-0.2, 0) is 12.8 Å². The van der Waals surface area contributed by atoms with Crippen LogP contribution < -0.4 is 5.32 Å². The number of aromatic amines is 1. The Hall–Kier alpha value is -3.61. The third kappa shape index (κ3) is 2.63. The minimum Gasteiger partial charge on any atom is -0.508 e. The summed E-state index contributed by atoms with van der Waals surface area (Å²) >= 11 is 0. The highest BCUT2D eigenvalue weighted by atomic mass is 16.4. The summed E-state index contributed by atoms with van der Waals surface area (Å²) in [5.41, 5.74) is 5.84. The Morgan fingerprint density at radius 2 is 1.96 bits per heavy atom. The number of aromatic nitrogens is 3. The van der Waals surface area contributed by atoms with Gasteiger partial charge in [-0.2, -0.15) is 5.10 Å². The molecule has 28 heavy (non-hydrogen) atoms. The molecule has 0 fully saturated rings. The van der Waals surface area contributed by atoms with E-state index in [9.17, 15) is 9.90 Å². The predicted molar refractivity (Wildman–Crippen MR) is 105 cm³/mol. The van der Waals surface area contributed by atoms with Gasteiger partial charge in [-0.15, -0.1) is 0 Å². The number of hydrogen-bond donors (Lipinski definition) is 4. The van der Waals surface area contributed by atoms with Crippen LogP contribution in [0.15, 0.2) is 42.6 Å². The zero-order chi connectivity index (χ0) is 19.3. The second-order valence-electron chi connectivity index (χ2n) is 7.14. The largest absolute Gasteiger partial charge is 0.508 e. The quantitative estimate of drug-likeness (QED) is 0.428. The summed E-state index contributed by atoms with van der Waals surface area (Å²) in [5.74, 6) is 0.198. The molecule has 2 aromatic carbocycles. The number of amides is 1. The van der Waals surface area contributed by atoms with Crippen molar-refractivity contribution in [2.24, 2.45) is 0 Å². The Morgan fingerprint density at radius 1 is 1.14 bits per heavy atom. The molecule has 1 unspecified atom stereocenters. The number of carboxylic acid groups (broad SMARTS) is 1. The van der Waals surface area contributed by atoms with Gasteiger partial charge in [0.25, 0.3) is 0 Å². The number of benzene rings is 2. The Morgan fingerprint density at radius 3 is 2.75 bits per heavy atom. The van der Waals surface area contributed by atoms with Crippen molar-refractivity contribution in [3.05, 3.63) is 53.7 Å². The number of nitrogens with zero attached hydrogens (tertiary/aromatic N) is 2. The average molecular weight is 374 g/mol. The number of phenols is 1. The van der Waals surface area contributed by atoms with E-state index in [4.69, 9.17) is 10.1 Å². The summed E-state index contributed by atoms with van der Waals surface area (Å²) in [7, 11) is 0. The van der Waals surface area contributed by atoms with Gasteiger partial charge in [-0.25, -0.2) is 9.78 Å². The molecule has 7 nitrogen and oxygen atoms in total. The van der Waals surface area contributed by atoms with E-state index >= 15 is 0 Å². The van der Waals surface area contributed by atoms with Crippen LogP contribution >= 0.6 is 0 Å². The average Bonchev–Trinajstić information content (AvgIpc) is 3.16. The number of carbonyl (C=O) groups is 1. The summed E-state index contributed by atoms with van der Waals surface area (Å²) in [6.45, 7) is 0. The van der Waals surface area contributed by atoms with Crippen molar-refractivity contribution in [3.63, 3.8) is 0 Å². The van der Waals surface area contributed by atoms with E-state index in [-0.39, 0.29) is 11.8 Å². The highest BCUT2D eigenvalue weighted by Crippen LogP contribution is 2.38. The maximum atomic E-state index is 11.2. The first-order valence-corrected chi connectivity index (χ1v) is 9.16. The molecule has 5 rings (SSSR count). The first-order valence-electron chi connectivity index (χ1n) is 9.16. The van der Waals surface area contributed by atoms with Crippen LogP contribution in [0.3, 0.4) is 0 Å². The van der Waals surface area contributed by atoms with E-state index in [2.05, 4.69) is 15.5 Å². The molecule has 0 bridgehead atoms. The molecule has 7 heteroatoms. The third-order valence-corrected chi connectivity index (χ3v) is 5.45. The van der Waals surface area contributed by atoms with Crippen LogP contribution in [0.5, 0.6) is 5.75 Å². The molecule has 1 atom stereocenters. The highest BCUT2D eigenvalue weighted by Gasteiger charge is 2.26. The lowest BCUT2D eigenvalue weighted by Crippen LogP contribution is -2.38. The number of H-pyrrole nitrogens is 1. The number of aromatic hydroxyl groups is 1. The van der Waals surface area contributed by atoms with E-state index in [1.165, 1.54) is 5.56 Å². The van der Waals surface area contributed by atoms with Crippen LogP contribution in [0.25, 0.3) is 33.1 Å². The zero-order valence-electron chi connectivity index (χ0n) is 14.9. The number of rotatable bonds is 2. The van der Waals surface area contributed by atoms with E-state index in [0.29, 0.717) is 6.42 Å². The molecule has 4 aromatic rings. The number of phenolic OH excluding ortho intramolecular Hbond substituents is 1. The van der Waals surface area contributed by atoms with Crippen LogP contribution in [0.2, 0.25) is 0 Å². The van der Waals surface area contributed by atoms with Crippen molar-refractivity contribution < 1.29 is 15.0 Å². The Kier molecular flexibility index (Phi) is 3.68. The molecule has 0 aliphatic heterocycles. The number of hydrogen-bond acceptors (Lipinski definition) is 4. The first kappa shape index (κ1) is 16.6. The van der Waals surface area contributed by atoms with Crippen molar-refractivity contribution in [3.8, 4) is 17.0 Å². The van der Waals surface area contributed by atoms with Crippen molar-refractivity contribution in [2.45, 2.75) is 25.3 Å². The van der Waals surface area contributed by atoms with Gasteiger partial charge in [0.05, 0.1) is 22.9 Å². The van der Waals surface area contributed by atoms with Crippen LogP contribution in [0.4, 0.5) is 4.79 Å². The number of nitrogens with one attached hydrogen (secondary N) is 2. The Bertz CT molecular complexity index is 1210. The van der Waals surface area contributed by atoms with Crippen molar-refractivity contribution >= 4 is 27.9 Å². The molecule has 0 spiro atoms. The van der Waals surface area contributed by atoms with Gasteiger partial charge in [0.2, 0.25) is 0 Å². The van der Waals surface area contributed by atoms with E-state index in [1.54, 1.807) is 12.1 Å². The topological polar surface area (TPSA) is 111 Å². The van der Waals surface area contributed by atoms with Crippen LogP contribution in [0.1, 0.15) is 17.5 Å². The van der Waals surface area contributed by atoms with Gasteiger partial charge in [-0.1, -0.05) is 0 Å². The maximum absolute atomic E-state index is 11.2. The lowest BCUT2D eigenvalue weighted by atomic mass is 9.83. The molecule has 0 saturated heterocycles. The molecule has 1 aliphatic carbocycles. The molecule has 0 radical (unpaired) electrons. The highest BCUT2D eigenvalue weighted by molar-refractivity contribution is 6.07. The first-order chi connectivity index (χ1) is 13.6. The van der Waals surface area contributed by atoms with E-state index in [0.717, 1.165) is 51.5 Å². The SMILES string of the molecule is O=C(O)NC1CCc2c(c(-c3ccc(O)cc3)nc3ccc4[nH]ncc4c23)C1. The normalized spacial score (nSPS) is 16.2. The fraction of sp³-hybridized carbons (Fsp3) is 0.190. The molecule has 1 amide bonds. The number of fused-ring (bicyclic) bond motifs is 5. The van der Waals surface area contributed by atoms with E-state index < -0.39 is 6.09 Å². The summed E-state index contributed by atoms with van der Waals surface area (Å²) in [6.07, 6.45) is 2.89. The van der Waals surface area contributed by atoms with Crippen LogP contribution in [0, 0.1) is 0 Å².